The summed E-state index contributed by atoms with van der Waals surface area (Å²) in [6, 6.07) is 4.80. The Labute approximate surface area is 121 Å². The topological polar surface area (TPSA) is 72.2 Å². The molecule has 1 saturated carbocycles. The summed E-state index contributed by atoms with van der Waals surface area (Å²) in [5.41, 5.74) is 0.180. The number of nitrogens with two attached hydrogens (primary N) is 1. The van der Waals surface area contributed by atoms with Crippen LogP contribution < -0.4 is 11.1 Å². The van der Waals surface area contributed by atoms with E-state index in [1.54, 1.807) is 0 Å². The van der Waals surface area contributed by atoms with Gasteiger partial charge in [-0.15, -0.1) is 0 Å². The molecule has 1 aliphatic carbocycles. The van der Waals surface area contributed by atoms with Crippen molar-refractivity contribution in [1.29, 1.82) is 0 Å². The summed E-state index contributed by atoms with van der Waals surface area (Å²) in [5.74, 6) is 0. The monoisotopic (exact) mass is 322 g/mol. The molecule has 0 saturated heterocycles. The van der Waals surface area contributed by atoms with Crippen molar-refractivity contribution >= 4 is 15.5 Å². The maximum Gasteiger partial charge on any atom is 0.501 e. The highest BCUT2D eigenvalue weighted by atomic mass is 32.2. The summed E-state index contributed by atoms with van der Waals surface area (Å²) in [4.78, 5) is -0.756. The van der Waals surface area contributed by atoms with Gasteiger partial charge in [-0.1, -0.05) is 26.0 Å². The van der Waals surface area contributed by atoms with Crippen LogP contribution in [0.4, 0.5) is 18.9 Å². The molecule has 8 heteroatoms. The van der Waals surface area contributed by atoms with Crippen molar-refractivity contribution in [2.45, 2.75) is 42.8 Å². The van der Waals surface area contributed by atoms with E-state index in [-0.39, 0.29) is 23.2 Å². The van der Waals surface area contributed by atoms with Crippen LogP contribution in [-0.2, 0) is 9.84 Å². The molecule has 0 heterocycles. The van der Waals surface area contributed by atoms with Gasteiger partial charge >= 0.3 is 5.51 Å². The van der Waals surface area contributed by atoms with Gasteiger partial charge in [0, 0.05) is 17.5 Å². The molecule has 118 valence electrons. The van der Waals surface area contributed by atoms with Crippen LogP contribution in [0.1, 0.15) is 20.3 Å². The lowest BCUT2D eigenvalue weighted by Gasteiger charge is -2.51. The molecule has 1 fully saturated rings. The molecule has 0 amide bonds. The summed E-state index contributed by atoms with van der Waals surface area (Å²) in [7, 11) is -5.38. The van der Waals surface area contributed by atoms with E-state index in [0.29, 0.717) is 6.42 Å². The predicted molar refractivity (Wildman–Crippen MR) is 73.5 cm³/mol. The average molecular weight is 322 g/mol. The molecule has 0 aliphatic heterocycles. The Bertz CT molecular complexity index is 641. The zero-order valence-electron chi connectivity index (χ0n) is 11.6. The Morgan fingerprint density at radius 3 is 2.33 bits per heavy atom. The molecule has 2 unspecified atom stereocenters. The van der Waals surface area contributed by atoms with Gasteiger partial charge in [-0.3, -0.25) is 0 Å². The smallest absolute Gasteiger partial charge is 0.381 e. The molecule has 1 aromatic carbocycles. The molecule has 2 rings (SSSR count). The number of anilines is 1. The van der Waals surface area contributed by atoms with Gasteiger partial charge in [-0.05, 0) is 18.6 Å². The van der Waals surface area contributed by atoms with Gasteiger partial charge in [0.05, 0.1) is 10.6 Å². The van der Waals surface area contributed by atoms with E-state index in [1.165, 1.54) is 18.2 Å². The molecule has 3 N–H and O–H groups in total. The van der Waals surface area contributed by atoms with E-state index in [4.69, 9.17) is 5.73 Å². The third-order valence-electron chi connectivity index (χ3n) is 4.15. The maximum absolute atomic E-state index is 12.7. The standard InChI is InChI=1S/C13H17F3N2O2S/c1-12(2)10(17)7-11(12)18-8-5-3-4-6-9(8)21(19,20)13(14,15)16/h3-6,10-11,18H,7,17H2,1-2H3. The fourth-order valence-electron chi connectivity index (χ4n) is 2.34. The van der Waals surface area contributed by atoms with Crippen LogP contribution in [0.3, 0.4) is 0 Å². The van der Waals surface area contributed by atoms with Gasteiger partial charge < -0.3 is 11.1 Å². The van der Waals surface area contributed by atoms with Crippen molar-refractivity contribution in [1.82, 2.24) is 0 Å². The highest BCUT2D eigenvalue weighted by molar-refractivity contribution is 7.92. The minimum atomic E-state index is -5.38. The summed E-state index contributed by atoms with van der Waals surface area (Å²) >= 11 is 0. The molecule has 1 aliphatic rings. The molecular weight excluding hydrogens is 305 g/mol. The maximum atomic E-state index is 12.7. The van der Waals surface area contributed by atoms with E-state index < -0.39 is 20.2 Å². The summed E-state index contributed by atoms with van der Waals surface area (Å²) in [6.45, 7) is 3.78. The largest absolute Gasteiger partial charge is 0.501 e. The number of nitrogens with one attached hydrogen (secondary N) is 1. The number of rotatable bonds is 3. The van der Waals surface area contributed by atoms with E-state index in [0.717, 1.165) is 6.07 Å². The van der Waals surface area contributed by atoms with Crippen LogP contribution in [0.25, 0.3) is 0 Å². The first-order chi connectivity index (χ1) is 9.48. The van der Waals surface area contributed by atoms with Crippen molar-refractivity contribution < 1.29 is 21.6 Å². The zero-order valence-corrected chi connectivity index (χ0v) is 12.4. The number of alkyl halides is 3. The average Bonchev–Trinajstić information content (AvgIpc) is 2.37. The zero-order chi connectivity index (χ0) is 16.1. The molecule has 2 atom stereocenters. The van der Waals surface area contributed by atoms with E-state index >= 15 is 0 Å². The first-order valence-corrected chi connectivity index (χ1v) is 7.88. The second-order valence-electron chi connectivity index (χ2n) is 5.81. The van der Waals surface area contributed by atoms with E-state index in [2.05, 4.69) is 5.32 Å². The van der Waals surface area contributed by atoms with Crippen LogP contribution in [-0.4, -0.2) is 26.0 Å². The van der Waals surface area contributed by atoms with E-state index in [9.17, 15) is 21.6 Å². The lowest BCUT2D eigenvalue weighted by molar-refractivity contribution is -0.0435. The first-order valence-electron chi connectivity index (χ1n) is 6.40. The fraction of sp³-hybridized carbons (Fsp3) is 0.538. The minimum Gasteiger partial charge on any atom is -0.381 e. The molecule has 21 heavy (non-hydrogen) atoms. The van der Waals surface area contributed by atoms with Crippen LogP contribution in [0.2, 0.25) is 0 Å². The summed E-state index contributed by atoms with van der Waals surface area (Å²) in [6.07, 6.45) is 0.577. The summed E-state index contributed by atoms with van der Waals surface area (Å²) < 4.78 is 61.3. The number of hydrogen-bond donors (Lipinski definition) is 2. The Kier molecular flexibility index (Phi) is 3.74. The van der Waals surface area contributed by atoms with Crippen LogP contribution in [0, 0.1) is 5.41 Å². The van der Waals surface area contributed by atoms with Crippen molar-refractivity contribution in [3.8, 4) is 0 Å². The fourth-order valence-corrected chi connectivity index (χ4v) is 3.26. The Morgan fingerprint density at radius 2 is 1.86 bits per heavy atom. The molecule has 0 spiro atoms. The number of halogens is 3. The SMILES string of the molecule is CC1(C)C(N)CC1Nc1ccccc1S(=O)(=O)C(F)(F)F. The minimum absolute atomic E-state index is 0.0419. The number of benzene rings is 1. The molecule has 0 radical (unpaired) electrons. The van der Waals surface area contributed by atoms with Gasteiger partial charge in [-0.25, -0.2) is 8.42 Å². The molecule has 1 aromatic rings. The quantitative estimate of drug-likeness (QED) is 0.897. The third kappa shape index (κ3) is 2.62. The highest BCUT2D eigenvalue weighted by Crippen LogP contribution is 2.42. The van der Waals surface area contributed by atoms with Crippen molar-refractivity contribution in [2.75, 3.05) is 5.32 Å². The van der Waals surface area contributed by atoms with Crippen LogP contribution in [0.15, 0.2) is 29.2 Å². The molecule has 0 bridgehead atoms. The van der Waals surface area contributed by atoms with Gasteiger partial charge in [0.25, 0.3) is 9.84 Å². The second kappa shape index (κ2) is 4.88. The van der Waals surface area contributed by atoms with Gasteiger partial charge in [0.15, 0.2) is 0 Å². The van der Waals surface area contributed by atoms with Gasteiger partial charge in [0.1, 0.15) is 0 Å². The number of sulfone groups is 1. The number of hydrogen-bond acceptors (Lipinski definition) is 4. The van der Waals surface area contributed by atoms with E-state index in [1.807, 2.05) is 13.8 Å². The molecule has 4 nitrogen and oxygen atoms in total. The Morgan fingerprint density at radius 1 is 1.29 bits per heavy atom. The van der Waals surface area contributed by atoms with Crippen molar-refractivity contribution in [3.05, 3.63) is 24.3 Å². The third-order valence-corrected chi connectivity index (χ3v) is 5.70. The molecular formula is C13H17F3N2O2S. The van der Waals surface area contributed by atoms with Crippen molar-refractivity contribution in [2.24, 2.45) is 11.1 Å². The Hall–Kier alpha value is -1.28. The normalized spacial score (nSPS) is 25.2. The lowest BCUT2D eigenvalue weighted by Crippen LogP contribution is -2.61. The molecule has 0 aromatic heterocycles. The second-order valence-corrected chi connectivity index (χ2v) is 7.72. The van der Waals surface area contributed by atoms with Gasteiger partial charge in [0.2, 0.25) is 0 Å². The lowest BCUT2D eigenvalue weighted by atomic mass is 9.63. The first kappa shape index (κ1) is 16.1. The summed E-state index contributed by atoms with van der Waals surface area (Å²) in [5, 5.41) is 2.89. The Balaban J connectivity index is 2.36. The van der Waals surface area contributed by atoms with Crippen LogP contribution in [0.5, 0.6) is 0 Å². The van der Waals surface area contributed by atoms with Crippen molar-refractivity contribution in [3.63, 3.8) is 0 Å². The predicted octanol–water partition coefficient (Wildman–Crippen LogP) is 2.52. The number of para-hydroxylation sites is 1. The highest BCUT2D eigenvalue weighted by Gasteiger charge is 2.49. The van der Waals surface area contributed by atoms with Crippen LogP contribution >= 0.6 is 0 Å². The van der Waals surface area contributed by atoms with Gasteiger partial charge in [-0.2, -0.15) is 13.2 Å².